The first-order chi connectivity index (χ1) is 15.4. The van der Waals surface area contributed by atoms with Crippen molar-refractivity contribution in [2.24, 2.45) is 11.1 Å². The molecular formula is C19H32N6O7. The van der Waals surface area contributed by atoms with E-state index < -0.39 is 0 Å². The van der Waals surface area contributed by atoms with Crippen molar-refractivity contribution >= 4 is 24.0 Å². The van der Waals surface area contributed by atoms with Gasteiger partial charge in [-0.1, -0.05) is 0 Å². The highest BCUT2D eigenvalue weighted by Crippen LogP contribution is 2.25. The van der Waals surface area contributed by atoms with Gasteiger partial charge in [0.1, 0.15) is 19.5 Å². The Morgan fingerprint density at radius 2 is 1.84 bits per heavy atom. The van der Waals surface area contributed by atoms with Gasteiger partial charge in [0.05, 0.1) is 45.4 Å². The highest BCUT2D eigenvalue weighted by molar-refractivity contribution is 5.81. The number of hydrogen-bond acceptors (Lipinski definition) is 8. The molecule has 32 heavy (non-hydrogen) atoms. The zero-order valence-corrected chi connectivity index (χ0v) is 18.6. The topological polar surface area (TPSA) is 163 Å². The fraction of sp³-hybridized carbons (Fsp3) is 0.789. The van der Waals surface area contributed by atoms with Crippen LogP contribution in [0.1, 0.15) is 26.7 Å². The van der Waals surface area contributed by atoms with Gasteiger partial charge < -0.3 is 29.2 Å². The number of carbonyl (C=O) groups is 4. The maximum Gasteiger partial charge on any atom is 0.315 e. The summed E-state index contributed by atoms with van der Waals surface area (Å²) in [6, 6.07) is -0.129. The molecule has 1 fully saturated rings. The van der Waals surface area contributed by atoms with E-state index in [2.05, 4.69) is 15.5 Å². The monoisotopic (exact) mass is 456 g/mol. The Kier molecular flexibility index (Phi) is 13.6. The molecular weight excluding hydrogens is 424 g/mol. The average molecular weight is 457 g/mol. The van der Waals surface area contributed by atoms with Crippen LogP contribution in [0.2, 0.25) is 0 Å². The molecule has 0 radical (unpaired) electrons. The number of nitrogens with one attached hydrogen (secondary N) is 1. The Labute approximate surface area is 186 Å². The second kappa shape index (κ2) is 16.0. The minimum Gasteiger partial charge on any atom is -0.377 e. The number of amides is 3. The Morgan fingerprint density at radius 1 is 1.19 bits per heavy atom. The summed E-state index contributed by atoms with van der Waals surface area (Å²) in [5, 5.41) is 6.88. The summed E-state index contributed by atoms with van der Waals surface area (Å²) < 4.78 is 15.7. The normalized spacial score (nSPS) is 17.9. The molecule has 13 nitrogen and oxygen atoms in total. The number of aldehydes is 1. The summed E-state index contributed by atoms with van der Waals surface area (Å²) in [4.78, 5) is 50.5. The van der Waals surface area contributed by atoms with Crippen LogP contribution >= 0.6 is 0 Å². The van der Waals surface area contributed by atoms with Crippen LogP contribution in [0.25, 0.3) is 10.4 Å². The summed E-state index contributed by atoms with van der Waals surface area (Å²) in [6.45, 7) is 5.05. The molecule has 13 heteroatoms. The maximum absolute atomic E-state index is 12.4. The molecule has 0 aromatic rings. The van der Waals surface area contributed by atoms with Crippen molar-refractivity contribution in [3.63, 3.8) is 0 Å². The van der Waals surface area contributed by atoms with E-state index >= 15 is 0 Å². The van der Waals surface area contributed by atoms with Crippen LogP contribution in [0, 0.1) is 5.92 Å². The number of azide groups is 1. The number of piperidine rings is 1. The number of ether oxygens (including phenoxy) is 3. The SMILES string of the molecule is CCN(N=[N+]=[N-])C(=O)C1CCN(C(=O)COCCOCCOCC(=O)NCC=O)C(C)C1. The molecule has 0 spiro atoms. The second-order valence-electron chi connectivity index (χ2n) is 7.08. The van der Waals surface area contributed by atoms with E-state index in [1.165, 1.54) is 0 Å². The third-order valence-electron chi connectivity index (χ3n) is 4.83. The molecule has 1 rings (SSSR count). The molecule has 1 heterocycles. The van der Waals surface area contributed by atoms with Crippen molar-refractivity contribution in [3.8, 4) is 0 Å². The number of carbonyl (C=O) groups excluding carboxylic acids is 4. The van der Waals surface area contributed by atoms with Crippen molar-refractivity contribution in [3.05, 3.63) is 10.4 Å². The van der Waals surface area contributed by atoms with Gasteiger partial charge in [-0.15, -0.1) is 5.53 Å². The van der Waals surface area contributed by atoms with Crippen LogP contribution in [-0.2, 0) is 33.4 Å². The Balaban J connectivity index is 2.16. The fourth-order valence-corrected chi connectivity index (χ4v) is 3.24. The van der Waals surface area contributed by atoms with E-state index in [0.29, 0.717) is 32.2 Å². The van der Waals surface area contributed by atoms with Gasteiger partial charge >= 0.3 is 5.91 Å². The molecule has 0 aliphatic carbocycles. The fourth-order valence-electron chi connectivity index (χ4n) is 3.24. The highest BCUT2D eigenvalue weighted by atomic mass is 16.5. The minimum absolute atomic E-state index is 0.0431. The first-order valence-corrected chi connectivity index (χ1v) is 10.5. The molecule has 1 N–H and O–H groups in total. The summed E-state index contributed by atoms with van der Waals surface area (Å²) in [5.41, 5.74) is 8.56. The van der Waals surface area contributed by atoms with Crippen molar-refractivity contribution in [2.45, 2.75) is 32.7 Å². The van der Waals surface area contributed by atoms with Gasteiger partial charge in [-0.25, -0.2) is 4.79 Å². The van der Waals surface area contributed by atoms with E-state index in [0.717, 1.165) is 5.01 Å². The predicted molar refractivity (Wildman–Crippen MR) is 112 cm³/mol. The van der Waals surface area contributed by atoms with E-state index in [1.807, 2.05) is 6.92 Å². The van der Waals surface area contributed by atoms with Crippen LogP contribution < -0.4 is 5.32 Å². The molecule has 3 amide bonds. The van der Waals surface area contributed by atoms with Crippen LogP contribution in [0.15, 0.2) is 5.22 Å². The number of nitrogens with zero attached hydrogens (tertiary/aromatic N) is 5. The van der Waals surface area contributed by atoms with Crippen LogP contribution in [0.4, 0.5) is 0 Å². The molecule has 180 valence electrons. The average Bonchev–Trinajstić information content (AvgIpc) is 2.79. The van der Waals surface area contributed by atoms with E-state index in [1.54, 1.807) is 11.8 Å². The van der Waals surface area contributed by atoms with Crippen LogP contribution in [0.5, 0.6) is 0 Å². The smallest absolute Gasteiger partial charge is 0.315 e. The summed E-state index contributed by atoms with van der Waals surface area (Å²) in [7, 11) is 0. The van der Waals surface area contributed by atoms with Crippen LogP contribution in [-0.4, -0.2) is 99.2 Å². The van der Waals surface area contributed by atoms with Gasteiger partial charge in [0.25, 0.3) is 0 Å². The lowest BCUT2D eigenvalue weighted by Crippen LogP contribution is -2.49. The molecule has 1 aliphatic rings. The quantitative estimate of drug-likeness (QED) is 0.0908. The van der Waals surface area contributed by atoms with E-state index in [4.69, 9.17) is 19.7 Å². The van der Waals surface area contributed by atoms with Gasteiger partial charge in [-0.2, -0.15) is 9.92 Å². The third-order valence-corrected chi connectivity index (χ3v) is 4.83. The van der Waals surface area contributed by atoms with Crippen molar-refractivity contribution in [2.75, 3.05) is 59.3 Å². The standard InChI is InChI=1S/C19H32N6O7/c1-3-25(23-22-20)19(29)16-4-6-24(15(2)12-16)18(28)14-32-11-9-30-8-10-31-13-17(27)21-5-7-26/h7,15-16H,3-6,8-14H2,1-2H3,(H,21,27). The number of rotatable bonds is 15. The molecule has 0 saturated carbocycles. The summed E-state index contributed by atoms with van der Waals surface area (Å²) >= 11 is 0. The van der Waals surface area contributed by atoms with Crippen molar-refractivity contribution in [1.82, 2.24) is 15.2 Å². The summed E-state index contributed by atoms with van der Waals surface area (Å²) in [5.74, 6) is -1.04. The Hall–Kier alpha value is -2.73. The number of hydrogen-bond donors (Lipinski definition) is 1. The van der Waals surface area contributed by atoms with E-state index in [-0.39, 0.29) is 75.9 Å². The van der Waals surface area contributed by atoms with Gasteiger partial charge in [-0.3, -0.25) is 9.59 Å². The minimum atomic E-state index is -0.375. The Bertz CT molecular complexity index is 671. The molecule has 1 saturated heterocycles. The second-order valence-corrected chi connectivity index (χ2v) is 7.08. The predicted octanol–water partition coefficient (Wildman–Crippen LogP) is 0.0522. The molecule has 0 aromatic carbocycles. The maximum atomic E-state index is 12.4. The van der Waals surface area contributed by atoms with Gasteiger partial charge in [0.2, 0.25) is 11.8 Å². The van der Waals surface area contributed by atoms with Crippen molar-refractivity contribution < 1.29 is 33.4 Å². The summed E-state index contributed by atoms with van der Waals surface area (Å²) in [6.07, 6.45) is 1.59. The zero-order valence-electron chi connectivity index (χ0n) is 18.6. The van der Waals surface area contributed by atoms with Gasteiger partial charge in [0.15, 0.2) is 0 Å². The molecule has 2 atom stereocenters. The first kappa shape index (κ1) is 27.3. The van der Waals surface area contributed by atoms with Gasteiger partial charge in [0, 0.05) is 12.6 Å². The van der Waals surface area contributed by atoms with Crippen molar-refractivity contribution in [1.29, 1.82) is 0 Å². The molecule has 0 bridgehead atoms. The van der Waals surface area contributed by atoms with Gasteiger partial charge in [-0.05, 0) is 31.9 Å². The number of likely N-dealkylation sites (tertiary alicyclic amines) is 1. The Morgan fingerprint density at radius 3 is 2.44 bits per heavy atom. The van der Waals surface area contributed by atoms with Crippen LogP contribution in [0.3, 0.4) is 0 Å². The molecule has 0 aromatic heterocycles. The largest absolute Gasteiger partial charge is 0.377 e. The lowest BCUT2D eigenvalue weighted by Gasteiger charge is -2.37. The first-order valence-electron chi connectivity index (χ1n) is 10.5. The zero-order chi connectivity index (χ0) is 23.8. The van der Waals surface area contributed by atoms with E-state index in [9.17, 15) is 19.2 Å². The lowest BCUT2D eigenvalue weighted by atomic mass is 9.90. The molecule has 1 aliphatic heterocycles. The molecule has 2 unspecified atom stereocenters. The third kappa shape index (κ3) is 10.1. The highest BCUT2D eigenvalue weighted by Gasteiger charge is 2.35. The lowest BCUT2D eigenvalue weighted by molar-refractivity contribution is -0.145.